The van der Waals surface area contributed by atoms with E-state index in [1.807, 2.05) is 6.92 Å². The van der Waals surface area contributed by atoms with Gasteiger partial charge in [-0.15, -0.1) is 0 Å². The predicted molar refractivity (Wildman–Crippen MR) is 114 cm³/mol. The van der Waals surface area contributed by atoms with E-state index in [9.17, 15) is 9.18 Å². The van der Waals surface area contributed by atoms with Crippen LogP contribution in [0.15, 0.2) is 24.3 Å². The Morgan fingerprint density at radius 3 is 2.41 bits per heavy atom. The van der Waals surface area contributed by atoms with E-state index < -0.39 is 12.1 Å². The molecule has 1 atom stereocenters. The van der Waals surface area contributed by atoms with E-state index in [2.05, 4.69) is 30.7 Å². The number of rotatable bonds is 9. The summed E-state index contributed by atoms with van der Waals surface area (Å²) in [4.78, 5) is 11.8. The molecule has 2 fully saturated rings. The van der Waals surface area contributed by atoms with Crippen LogP contribution in [0.1, 0.15) is 89.0 Å². The molecule has 2 saturated carbocycles. The van der Waals surface area contributed by atoms with Crippen molar-refractivity contribution in [2.45, 2.75) is 95.7 Å². The molecule has 0 saturated heterocycles. The van der Waals surface area contributed by atoms with E-state index in [1.54, 1.807) is 0 Å². The van der Waals surface area contributed by atoms with Crippen molar-refractivity contribution in [3.05, 3.63) is 36.2 Å². The summed E-state index contributed by atoms with van der Waals surface area (Å²) < 4.78 is 25.2. The topological polar surface area (TPSA) is 35.5 Å². The lowest BCUT2D eigenvalue weighted by Gasteiger charge is -2.28. The molecular formula is C25H36FO3. The average Bonchev–Trinajstić information content (AvgIpc) is 2.78. The number of alkyl halides is 1. The quantitative estimate of drug-likeness (QED) is 0.438. The number of esters is 1. The summed E-state index contributed by atoms with van der Waals surface area (Å²) in [6, 6.07) is 8.62. The lowest BCUT2D eigenvalue weighted by molar-refractivity contribution is -0.157. The molecule has 0 spiro atoms. The first kappa shape index (κ1) is 22.1. The van der Waals surface area contributed by atoms with Crippen LogP contribution in [-0.4, -0.2) is 24.9 Å². The van der Waals surface area contributed by atoms with Crippen molar-refractivity contribution >= 4 is 5.97 Å². The molecule has 0 aliphatic heterocycles. The first-order valence-corrected chi connectivity index (χ1v) is 11.5. The van der Waals surface area contributed by atoms with Gasteiger partial charge in [0.1, 0.15) is 11.9 Å². The van der Waals surface area contributed by atoms with Crippen molar-refractivity contribution in [3.8, 4) is 5.75 Å². The molecular weight excluding hydrogens is 367 g/mol. The summed E-state index contributed by atoms with van der Waals surface area (Å²) in [5.41, 5.74) is 1.43. The molecule has 0 amide bonds. The van der Waals surface area contributed by atoms with E-state index in [0.717, 1.165) is 44.3 Å². The number of hydrogen-bond acceptors (Lipinski definition) is 3. The lowest BCUT2D eigenvalue weighted by atomic mass is 9.84. The molecule has 0 aromatic heterocycles. The van der Waals surface area contributed by atoms with Gasteiger partial charge in [-0.25, -0.2) is 9.18 Å². The molecule has 0 heterocycles. The third-order valence-corrected chi connectivity index (χ3v) is 6.42. The van der Waals surface area contributed by atoms with Crippen LogP contribution in [0.5, 0.6) is 5.75 Å². The molecule has 1 aromatic carbocycles. The van der Waals surface area contributed by atoms with Crippen LogP contribution in [0, 0.1) is 12.3 Å². The van der Waals surface area contributed by atoms with Gasteiger partial charge in [-0.2, -0.15) is 0 Å². The highest BCUT2D eigenvalue weighted by molar-refractivity contribution is 5.74. The van der Waals surface area contributed by atoms with Crippen LogP contribution in [0.25, 0.3) is 0 Å². The first-order valence-electron chi connectivity index (χ1n) is 11.5. The molecule has 29 heavy (non-hydrogen) atoms. The molecule has 0 unspecified atom stereocenters. The van der Waals surface area contributed by atoms with E-state index in [-0.39, 0.29) is 12.5 Å². The second-order valence-corrected chi connectivity index (χ2v) is 8.71. The van der Waals surface area contributed by atoms with E-state index in [0.29, 0.717) is 18.4 Å². The van der Waals surface area contributed by atoms with Crippen LogP contribution < -0.4 is 4.74 Å². The summed E-state index contributed by atoms with van der Waals surface area (Å²) in [6.45, 7) is 2.69. The third-order valence-electron chi connectivity index (χ3n) is 6.42. The fourth-order valence-electron chi connectivity index (χ4n) is 4.47. The lowest BCUT2D eigenvalue weighted by Crippen LogP contribution is -2.30. The highest BCUT2D eigenvalue weighted by atomic mass is 19.1. The van der Waals surface area contributed by atoms with Gasteiger partial charge in [0, 0.05) is 0 Å². The van der Waals surface area contributed by atoms with Crippen LogP contribution >= 0.6 is 0 Å². The number of carbonyl (C=O) groups is 1. The third kappa shape index (κ3) is 7.01. The maximum absolute atomic E-state index is 13.8. The molecule has 0 bridgehead atoms. The predicted octanol–water partition coefficient (Wildman–Crippen LogP) is 6.56. The van der Waals surface area contributed by atoms with Gasteiger partial charge in [0.05, 0.1) is 6.61 Å². The normalized spacial score (nSPS) is 24.1. The summed E-state index contributed by atoms with van der Waals surface area (Å²) in [6.07, 6.45) is 11.2. The Balaban J connectivity index is 1.35. The zero-order valence-corrected chi connectivity index (χ0v) is 17.8. The fourth-order valence-corrected chi connectivity index (χ4v) is 4.47. The van der Waals surface area contributed by atoms with Crippen molar-refractivity contribution in [2.24, 2.45) is 5.92 Å². The van der Waals surface area contributed by atoms with Crippen LogP contribution in [0.2, 0.25) is 0 Å². The minimum atomic E-state index is -1.47. The number of halogens is 1. The highest BCUT2D eigenvalue weighted by Crippen LogP contribution is 2.33. The molecule has 161 valence electrons. The van der Waals surface area contributed by atoms with Crippen LogP contribution in [-0.2, 0) is 9.53 Å². The zero-order valence-electron chi connectivity index (χ0n) is 17.8. The van der Waals surface area contributed by atoms with E-state index in [4.69, 9.17) is 9.47 Å². The monoisotopic (exact) mass is 403 g/mol. The molecule has 1 aromatic rings. The van der Waals surface area contributed by atoms with Crippen molar-refractivity contribution in [3.63, 3.8) is 0 Å². The van der Waals surface area contributed by atoms with Crippen LogP contribution in [0.3, 0.4) is 0 Å². The van der Waals surface area contributed by atoms with Gasteiger partial charge in [0.25, 0.3) is 0 Å². The van der Waals surface area contributed by atoms with E-state index >= 15 is 0 Å². The second-order valence-electron chi connectivity index (χ2n) is 8.71. The smallest absolute Gasteiger partial charge is 0.340 e. The maximum atomic E-state index is 13.8. The molecule has 3 nitrogen and oxygen atoms in total. The number of carbonyl (C=O) groups excluding carboxylic acids is 1. The van der Waals surface area contributed by atoms with Gasteiger partial charge in [-0.3, -0.25) is 0 Å². The van der Waals surface area contributed by atoms with E-state index in [1.165, 1.54) is 31.2 Å². The Labute approximate surface area is 175 Å². The minimum Gasteiger partial charge on any atom is -0.493 e. The molecule has 4 heteroatoms. The molecule has 0 N–H and O–H groups in total. The van der Waals surface area contributed by atoms with Crippen molar-refractivity contribution in [1.29, 1.82) is 0 Å². The van der Waals surface area contributed by atoms with Crippen LogP contribution in [0.4, 0.5) is 4.39 Å². The number of benzene rings is 1. The SMILES string of the molecule is CCCC[C@@H](F)C(=O)OC1CCC(COc2ccc(C3CC[CH]CC3)cc2)CC1. The first-order chi connectivity index (χ1) is 14.2. The molecule has 3 rings (SSSR count). The van der Waals surface area contributed by atoms with Gasteiger partial charge in [-0.1, -0.05) is 31.9 Å². The van der Waals surface area contributed by atoms with Crippen molar-refractivity contribution in [2.75, 3.05) is 6.61 Å². The summed E-state index contributed by atoms with van der Waals surface area (Å²) in [7, 11) is 0. The Morgan fingerprint density at radius 1 is 1.07 bits per heavy atom. The number of unbranched alkanes of at least 4 members (excludes halogenated alkanes) is 1. The Morgan fingerprint density at radius 2 is 1.76 bits per heavy atom. The fraction of sp³-hybridized carbons (Fsp3) is 0.680. The highest BCUT2D eigenvalue weighted by Gasteiger charge is 2.27. The van der Waals surface area contributed by atoms with Crippen molar-refractivity contribution in [1.82, 2.24) is 0 Å². The van der Waals surface area contributed by atoms with Gasteiger partial charge < -0.3 is 9.47 Å². The number of hydrogen-bond donors (Lipinski definition) is 0. The largest absolute Gasteiger partial charge is 0.493 e. The molecule has 2 aliphatic rings. The summed E-state index contributed by atoms with van der Waals surface area (Å²) in [5, 5.41) is 0. The zero-order chi connectivity index (χ0) is 20.5. The minimum absolute atomic E-state index is 0.134. The van der Waals surface area contributed by atoms with Gasteiger partial charge >= 0.3 is 5.97 Å². The van der Waals surface area contributed by atoms with Gasteiger partial charge in [0.2, 0.25) is 0 Å². The van der Waals surface area contributed by atoms with Gasteiger partial charge in [0.15, 0.2) is 6.17 Å². The number of ether oxygens (including phenoxy) is 2. The maximum Gasteiger partial charge on any atom is 0.340 e. The van der Waals surface area contributed by atoms with Crippen molar-refractivity contribution < 1.29 is 18.7 Å². The molecule has 2 aliphatic carbocycles. The Kier molecular flexibility index (Phi) is 8.82. The Hall–Kier alpha value is -1.58. The summed E-state index contributed by atoms with van der Waals surface area (Å²) in [5.74, 6) is 1.42. The van der Waals surface area contributed by atoms with Gasteiger partial charge in [-0.05, 0) is 93.7 Å². The average molecular weight is 404 g/mol. The Bertz CT molecular complexity index is 601. The standard InChI is InChI=1S/C25H36FO3/c1-2-3-9-24(26)25(27)29-23-14-10-19(11-15-23)18-28-22-16-12-21(13-17-22)20-7-5-4-6-8-20/h4,12-13,16-17,19-20,23-24H,2-3,5-11,14-15,18H2,1H3/t19?,23?,24-/m1/s1. The summed E-state index contributed by atoms with van der Waals surface area (Å²) >= 11 is 0. The molecule has 1 radical (unpaired) electrons. The second kappa shape index (κ2) is 11.6.